The fourth-order valence-corrected chi connectivity index (χ4v) is 2.06. The summed E-state index contributed by atoms with van der Waals surface area (Å²) in [7, 11) is 0. The molecule has 2 aromatic rings. The Balaban J connectivity index is 2.22. The van der Waals surface area contributed by atoms with Gasteiger partial charge in [0.2, 0.25) is 5.91 Å². The number of carbonyl (C=O) groups is 1. The van der Waals surface area contributed by atoms with Gasteiger partial charge in [-0.3, -0.25) is 4.79 Å². The Bertz CT molecular complexity index is 621. The molecule has 0 aliphatic heterocycles. The number of nitrogens with two attached hydrogens (primary N) is 1. The summed E-state index contributed by atoms with van der Waals surface area (Å²) < 4.78 is 4.53. The average Bonchev–Trinajstić information content (AvgIpc) is 2.86. The zero-order chi connectivity index (χ0) is 14.7. The maximum atomic E-state index is 12.3. The van der Waals surface area contributed by atoms with Gasteiger partial charge in [-0.15, -0.1) is 0 Å². The van der Waals surface area contributed by atoms with Crippen LogP contribution in [0.15, 0.2) is 22.8 Å². The van der Waals surface area contributed by atoms with Crippen LogP contribution in [-0.4, -0.2) is 16.2 Å². The molecule has 0 spiro atoms. The third-order valence-electron chi connectivity index (χ3n) is 3.33. The van der Waals surface area contributed by atoms with Gasteiger partial charge in [-0.25, -0.2) is 4.63 Å². The maximum absolute atomic E-state index is 12.3. The van der Waals surface area contributed by atoms with Crippen molar-refractivity contribution >= 4 is 17.4 Å². The first kappa shape index (κ1) is 14.0. The second-order valence-corrected chi connectivity index (χ2v) is 4.71. The number of anilines is 2. The van der Waals surface area contributed by atoms with Crippen LogP contribution < -0.4 is 11.1 Å². The quantitative estimate of drug-likeness (QED) is 0.891. The molecule has 6 heteroatoms. The predicted octanol–water partition coefficient (Wildman–Crippen LogP) is 2.26. The maximum Gasteiger partial charge on any atom is 0.233 e. The molecule has 106 valence electrons. The lowest BCUT2D eigenvalue weighted by Gasteiger charge is -2.15. The van der Waals surface area contributed by atoms with Crippen LogP contribution in [0, 0.1) is 6.92 Å². The minimum atomic E-state index is -0.523. The van der Waals surface area contributed by atoms with Crippen molar-refractivity contribution in [2.24, 2.45) is 0 Å². The Morgan fingerprint density at radius 2 is 2.20 bits per heavy atom. The van der Waals surface area contributed by atoms with Gasteiger partial charge in [-0.2, -0.15) is 0 Å². The molecule has 6 nitrogen and oxygen atoms in total. The summed E-state index contributed by atoms with van der Waals surface area (Å²) in [6.07, 6.45) is 0.847. The van der Waals surface area contributed by atoms with E-state index in [2.05, 4.69) is 20.3 Å². The molecule has 1 aromatic carbocycles. The molecule has 20 heavy (non-hydrogen) atoms. The monoisotopic (exact) mass is 274 g/mol. The smallest absolute Gasteiger partial charge is 0.233 e. The fourth-order valence-electron chi connectivity index (χ4n) is 2.06. The number of carbonyl (C=O) groups excluding carboxylic acids is 1. The Labute approximate surface area is 117 Å². The zero-order valence-corrected chi connectivity index (χ0v) is 11.8. The van der Waals surface area contributed by atoms with Crippen molar-refractivity contribution in [2.75, 3.05) is 11.1 Å². The molecule has 3 N–H and O–H groups in total. The van der Waals surface area contributed by atoms with Gasteiger partial charge in [0.1, 0.15) is 5.69 Å². The van der Waals surface area contributed by atoms with E-state index in [1.54, 1.807) is 6.92 Å². The van der Waals surface area contributed by atoms with Crippen molar-refractivity contribution in [3.8, 4) is 0 Å². The second-order valence-electron chi connectivity index (χ2n) is 4.71. The Morgan fingerprint density at radius 3 is 2.80 bits per heavy atom. The van der Waals surface area contributed by atoms with Crippen molar-refractivity contribution in [1.82, 2.24) is 10.3 Å². The molecule has 1 atom stereocenters. The van der Waals surface area contributed by atoms with Gasteiger partial charge in [0.25, 0.3) is 0 Å². The normalized spacial score (nSPS) is 12.2. The van der Waals surface area contributed by atoms with E-state index in [0.29, 0.717) is 5.69 Å². The van der Waals surface area contributed by atoms with Crippen molar-refractivity contribution in [1.29, 1.82) is 0 Å². The van der Waals surface area contributed by atoms with E-state index >= 15 is 0 Å². The van der Waals surface area contributed by atoms with Gasteiger partial charge in [-0.05, 0) is 36.6 Å². The summed E-state index contributed by atoms with van der Waals surface area (Å²) in [6, 6.07) is 5.94. The van der Waals surface area contributed by atoms with Crippen LogP contribution in [-0.2, 0) is 11.2 Å². The highest BCUT2D eigenvalue weighted by Gasteiger charge is 2.23. The third kappa shape index (κ3) is 2.64. The van der Waals surface area contributed by atoms with Gasteiger partial charge in [0, 0.05) is 5.69 Å². The third-order valence-corrected chi connectivity index (χ3v) is 3.33. The number of aryl methyl sites for hydroxylation is 2. The molecule has 0 bridgehead atoms. The Morgan fingerprint density at radius 1 is 1.45 bits per heavy atom. The Hall–Kier alpha value is -2.37. The van der Waals surface area contributed by atoms with Crippen molar-refractivity contribution in [3.63, 3.8) is 0 Å². The van der Waals surface area contributed by atoms with Gasteiger partial charge in [0.05, 0.1) is 5.92 Å². The van der Waals surface area contributed by atoms with Crippen molar-refractivity contribution in [2.45, 2.75) is 33.1 Å². The Kier molecular flexibility index (Phi) is 4.02. The van der Waals surface area contributed by atoms with Gasteiger partial charge >= 0.3 is 0 Å². The lowest BCUT2D eigenvalue weighted by molar-refractivity contribution is -0.117. The molecule has 1 unspecified atom stereocenters. The van der Waals surface area contributed by atoms with Crippen LogP contribution >= 0.6 is 0 Å². The molecule has 0 saturated carbocycles. The number of nitrogen functional groups attached to an aromatic ring is 1. The summed E-state index contributed by atoms with van der Waals surface area (Å²) in [5, 5.41) is 10.1. The number of amides is 1. The lowest BCUT2D eigenvalue weighted by Crippen LogP contribution is -2.21. The molecule has 0 radical (unpaired) electrons. The molecule has 0 saturated heterocycles. The van der Waals surface area contributed by atoms with E-state index in [9.17, 15) is 4.79 Å². The highest BCUT2D eigenvalue weighted by Crippen LogP contribution is 2.24. The number of para-hydroxylation sites is 1. The summed E-state index contributed by atoms with van der Waals surface area (Å²) in [5.74, 6) is -0.560. The van der Waals surface area contributed by atoms with Crippen LogP contribution in [0.3, 0.4) is 0 Å². The number of rotatable bonds is 4. The number of nitrogens with zero attached hydrogens (tertiary/aromatic N) is 2. The van der Waals surface area contributed by atoms with Crippen molar-refractivity contribution in [3.05, 3.63) is 35.0 Å². The number of nitrogens with one attached hydrogen (secondary N) is 1. The molecule has 0 aliphatic carbocycles. The first-order chi connectivity index (χ1) is 9.54. The second kappa shape index (κ2) is 5.73. The van der Waals surface area contributed by atoms with Gasteiger partial charge in [-0.1, -0.05) is 30.3 Å². The minimum Gasteiger partial charge on any atom is -0.379 e. The van der Waals surface area contributed by atoms with E-state index in [1.165, 1.54) is 0 Å². The number of hydrogen-bond donors (Lipinski definition) is 2. The molecule has 1 heterocycles. The standard InChI is InChI=1S/C14H18N4O2/c1-4-10-7-5-6-8(2)11(10)16-14(19)9(3)12-13(15)18-20-17-12/h5-7,9H,4H2,1-3H3,(H2,15,18)(H,16,19). The summed E-state index contributed by atoms with van der Waals surface area (Å²) in [5.41, 5.74) is 8.93. The van der Waals surface area contributed by atoms with Gasteiger partial charge < -0.3 is 11.1 Å². The van der Waals surface area contributed by atoms with Crippen LogP contribution in [0.1, 0.15) is 36.6 Å². The molecular formula is C14H18N4O2. The topological polar surface area (TPSA) is 94.0 Å². The lowest BCUT2D eigenvalue weighted by atomic mass is 10.0. The highest BCUT2D eigenvalue weighted by molar-refractivity contribution is 5.97. The fraction of sp³-hybridized carbons (Fsp3) is 0.357. The first-order valence-electron chi connectivity index (χ1n) is 6.51. The molecule has 1 amide bonds. The number of benzene rings is 1. The van der Waals surface area contributed by atoms with Crippen LogP contribution in [0.2, 0.25) is 0 Å². The van der Waals surface area contributed by atoms with E-state index in [1.807, 2.05) is 32.0 Å². The molecule has 2 rings (SSSR count). The molecule has 1 aromatic heterocycles. The highest BCUT2D eigenvalue weighted by atomic mass is 16.6. The van der Waals surface area contributed by atoms with E-state index in [0.717, 1.165) is 23.2 Å². The van der Waals surface area contributed by atoms with E-state index < -0.39 is 5.92 Å². The van der Waals surface area contributed by atoms with Crippen molar-refractivity contribution < 1.29 is 9.42 Å². The minimum absolute atomic E-state index is 0.146. The van der Waals surface area contributed by atoms with Crippen LogP contribution in [0.25, 0.3) is 0 Å². The molecular weight excluding hydrogens is 256 g/mol. The largest absolute Gasteiger partial charge is 0.379 e. The molecule has 0 aliphatic rings. The average molecular weight is 274 g/mol. The molecule has 0 fully saturated rings. The summed E-state index contributed by atoms with van der Waals surface area (Å²) >= 11 is 0. The van der Waals surface area contributed by atoms with Crippen LogP contribution in [0.4, 0.5) is 11.5 Å². The SMILES string of the molecule is CCc1cccc(C)c1NC(=O)C(C)c1nonc1N. The van der Waals surface area contributed by atoms with Gasteiger partial charge in [0.15, 0.2) is 5.82 Å². The van der Waals surface area contributed by atoms with E-state index in [-0.39, 0.29) is 11.7 Å². The van der Waals surface area contributed by atoms with E-state index in [4.69, 9.17) is 5.73 Å². The zero-order valence-electron chi connectivity index (χ0n) is 11.8. The predicted molar refractivity (Wildman–Crippen MR) is 76.3 cm³/mol. The number of hydrogen-bond acceptors (Lipinski definition) is 5. The first-order valence-corrected chi connectivity index (χ1v) is 6.51. The summed E-state index contributed by atoms with van der Waals surface area (Å²) in [4.78, 5) is 12.3. The summed E-state index contributed by atoms with van der Waals surface area (Å²) in [6.45, 7) is 5.73. The van der Waals surface area contributed by atoms with Crippen LogP contribution in [0.5, 0.6) is 0 Å². The number of aromatic nitrogens is 2.